The van der Waals surface area contributed by atoms with E-state index >= 15 is 0 Å². The Kier molecular flexibility index (Phi) is 20.1. The third-order valence-electron chi connectivity index (χ3n) is 8.52. The van der Waals surface area contributed by atoms with Crippen molar-refractivity contribution >= 4 is 47.4 Å². The van der Waals surface area contributed by atoms with Crippen LogP contribution in [0.15, 0.2) is 36.8 Å². The number of nitrogens with two attached hydrogens (primary N) is 4. The van der Waals surface area contributed by atoms with Crippen LogP contribution in [-0.2, 0) is 36.8 Å². The van der Waals surface area contributed by atoms with E-state index in [0.29, 0.717) is 18.5 Å². The molecular weight excluding hydrogens is 742 g/mol. The summed E-state index contributed by atoms with van der Waals surface area (Å²) in [6, 6.07) is 0.680. The Morgan fingerprint density at radius 3 is 1.49 bits per heavy atom. The van der Waals surface area contributed by atoms with Gasteiger partial charge in [-0.05, 0) is 69.7 Å². The SMILES string of the molecule is CN[C@@H](Cc1ccc(O)cc1)C(=O)N[C@@H](CCCNC(=N)N)C(=O)N[C@@H](Cc1c[nH]cn1)C(=O)N[C@@H](CCCNC(=N)N)C(=O)N[C@@H](CCCNC(=N)N)C(N)=O. The van der Waals surface area contributed by atoms with Gasteiger partial charge in [0.15, 0.2) is 17.9 Å². The minimum atomic E-state index is -1.32. The monoisotopic (exact) mass is 799 g/mol. The van der Waals surface area contributed by atoms with Crippen LogP contribution in [-0.4, -0.2) is 119 Å². The molecule has 1 aromatic heterocycles. The molecule has 314 valence electrons. The molecule has 5 amide bonds. The first kappa shape index (κ1) is 46.5. The highest BCUT2D eigenvalue weighted by molar-refractivity contribution is 5.96. The minimum absolute atomic E-state index is 0.0204. The first-order chi connectivity index (χ1) is 27.1. The molecule has 1 aromatic carbocycles. The standard InChI is InChI=1S/C34H57N17O6/c1-42-25(15-19-8-10-21(52)11-9-19)30(56)49-24(7-4-14-46-34(40)41)29(55)51-26(16-20-17-43-18-47-20)31(57)50-23(6-3-13-45-33(38)39)28(54)48-22(27(35)53)5-2-12-44-32(36)37/h8-11,17-18,22-26,42,52H,2-7,12-16H2,1H3,(H2,35,53)(H,43,47)(H,48,54)(H,49,56)(H,50,57)(H,51,55)(H4,36,37,44)(H4,38,39,45)(H4,40,41,46)/t22-,23-,24-,25-,26-/m0/s1. The number of primary amides is 1. The van der Waals surface area contributed by atoms with Crippen LogP contribution in [0.1, 0.15) is 49.8 Å². The van der Waals surface area contributed by atoms with Crippen molar-refractivity contribution in [2.75, 3.05) is 26.7 Å². The molecule has 23 heteroatoms. The number of guanidine groups is 3. The number of phenols is 1. The number of phenolic OH excluding ortho intramolecular Hbond substituents is 1. The van der Waals surface area contributed by atoms with E-state index in [2.05, 4.69) is 52.5 Å². The maximum absolute atomic E-state index is 14.0. The number of amides is 5. The zero-order chi connectivity index (χ0) is 42.3. The number of aromatic hydroxyl groups is 1. The van der Waals surface area contributed by atoms with Crippen molar-refractivity contribution in [2.45, 2.75) is 81.6 Å². The van der Waals surface area contributed by atoms with Gasteiger partial charge in [0.2, 0.25) is 29.5 Å². The summed E-state index contributed by atoms with van der Waals surface area (Å²) in [5, 5.41) is 53.3. The summed E-state index contributed by atoms with van der Waals surface area (Å²) >= 11 is 0. The number of imidazole rings is 1. The molecule has 0 radical (unpaired) electrons. The van der Waals surface area contributed by atoms with Crippen molar-refractivity contribution in [1.29, 1.82) is 16.2 Å². The normalized spacial score (nSPS) is 13.4. The molecule has 21 N–H and O–H groups in total. The van der Waals surface area contributed by atoms with E-state index in [-0.39, 0.29) is 81.8 Å². The zero-order valence-corrected chi connectivity index (χ0v) is 31.9. The summed E-state index contributed by atoms with van der Waals surface area (Å²) in [7, 11) is 1.58. The number of aromatic amines is 1. The number of hydrogen-bond acceptors (Lipinski definition) is 11. The van der Waals surface area contributed by atoms with Crippen molar-refractivity contribution in [1.82, 2.24) is 52.5 Å². The van der Waals surface area contributed by atoms with Crippen LogP contribution in [0.25, 0.3) is 0 Å². The summed E-state index contributed by atoms with van der Waals surface area (Å²) in [6.07, 6.45) is 4.07. The lowest BCUT2D eigenvalue weighted by Crippen LogP contribution is -2.59. The van der Waals surface area contributed by atoms with Gasteiger partial charge >= 0.3 is 0 Å². The van der Waals surface area contributed by atoms with E-state index in [0.717, 1.165) is 5.56 Å². The molecule has 57 heavy (non-hydrogen) atoms. The van der Waals surface area contributed by atoms with E-state index in [1.54, 1.807) is 19.2 Å². The molecule has 23 nitrogen and oxygen atoms in total. The molecule has 2 rings (SSSR count). The summed E-state index contributed by atoms with van der Waals surface area (Å²) in [6.45, 7) is 0.631. The Morgan fingerprint density at radius 1 is 0.649 bits per heavy atom. The second-order valence-electron chi connectivity index (χ2n) is 13.1. The van der Waals surface area contributed by atoms with E-state index < -0.39 is 59.7 Å². The third-order valence-corrected chi connectivity index (χ3v) is 8.52. The molecule has 0 unspecified atom stereocenters. The minimum Gasteiger partial charge on any atom is -0.508 e. The van der Waals surface area contributed by atoms with Gasteiger partial charge in [-0.1, -0.05) is 12.1 Å². The molecule has 0 aliphatic carbocycles. The molecule has 0 saturated carbocycles. The van der Waals surface area contributed by atoms with Crippen molar-refractivity contribution in [3.63, 3.8) is 0 Å². The second-order valence-corrected chi connectivity index (χ2v) is 13.1. The lowest BCUT2D eigenvalue weighted by molar-refractivity contribution is -0.134. The number of carbonyl (C=O) groups is 5. The topological polar surface area (TPSA) is 406 Å². The van der Waals surface area contributed by atoms with Crippen molar-refractivity contribution < 1.29 is 29.1 Å². The summed E-state index contributed by atoms with van der Waals surface area (Å²) < 4.78 is 0. The van der Waals surface area contributed by atoms with Gasteiger partial charge in [0.05, 0.1) is 18.1 Å². The van der Waals surface area contributed by atoms with E-state index in [1.165, 1.54) is 24.7 Å². The van der Waals surface area contributed by atoms with Gasteiger partial charge in [-0.25, -0.2) is 4.98 Å². The molecule has 0 aliphatic heterocycles. The van der Waals surface area contributed by atoms with Crippen molar-refractivity contribution in [3.05, 3.63) is 48.0 Å². The third kappa shape index (κ3) is 18.5. The fourth-order valence-electron chi connectivity index (χ4n) is 5.51. The number of carbonyl (C=O) groups excluding carboxylic acids is 5. The molecule has 0 spiro atoms. The van der Waals surface area contributed by atoms with Crippen molar-refractivity contribution in [3.8, 4) is 5.75 Å². The van der Waals surface area contributed by atoms with Crippen LogP contribution in [0.5, 0.6) is 5.75 Å². The summed E-state index contributed by atoms with van der Waals surface area (Å²) in [5.41, 5.74) is 22.8. The van der Waals surface area contributed by atoms with Crippen LogP contribution >= 0.6 is 0 Å². The summed E-state index contributed by atoms with van der Waals surface area (Å²) in [5.74, 6) is -4.36. The molecule has 0 bridgehead atoms. The Hall–Kier alpha value is -6.65. The predicted molar refractivity (Wildman–Crippen MR) is 211 cm³/mol. The number of rotatable bonds is 26. The van der Waals surface area contributed by atoms with E-state index in [1.807, 2.05) is 0 Å². The molecule has 1 heterocycles. The number of hydrogen-bond donors (Lipinski definition) is 17. The number of benzene rings is 1. The van der Waals surface area contributed by atoms with E-state index in [9.17, 15) is 29.1 Å². The Morgan fingerprint density at radius 2 is 1.07 bits per heavy atom. The maximum Gasteiger partial charge on any atom is 0.243 e. The first-order valence-electron chi connectivity index (χ1n) is 18.3. The highest BCUT2D eigenvalue weighted by Crippen LogP contribution is 2.12. The molecular formula is C34H57N17O6. The highest BCUT2D eigenvalue weighted by Gasteiger charge is 2.32. The Labute approximate surface area is 329 Å². The second kappa shape index (κ2) is 24.7. The summed E-state index contributed by atoms with van der Waals surface area (Å²) in [4.78, 5) is 74.3. The Bertz CT molecular complexity index is 1640. The number of nitrogens with one attached hydrogen (secondary N) is 12. The number of nitrogens with zero attached hydrogens (tertiary/aromatic N) is 1. The van der Waals surface area contributed by atoms with Crippen LogP contribution in [0.4, 0.5) is 0 Å². The maximum atomic E-state index is 14.0. The lowest BCUT2D eigenvalue weighted by atomic mass is 10.0. The van der Waals surface area contributed by atoms with Gasteiger partial charge in [0.25, 0.3) is 0 Å². The molecule has 0 fully saturated rings. The van der Waals surface area contributed by atoms with Crippen molar-refractivity contribution in [2.24, 2.45) is 22.9 Å². The first-order valence-corrected chi connectivity index (χ1v) is 18.3. The van der Waals surface area contributed by atoms with Gasteiger partial charge in [-0.15, -0.1) is 0 Å². The van der Waals surface area contributed by atoms with Crippen LogP contribution < -0.4 is 65.5 Å². The Balaban J connectivity index is 2.33. The number of H-pyrrole nitrogens is 1. The zero-order valence-electron chi connectivity index (χ0n) is 31.9. The largest absolute Gasteiger partial charge is 0.508 e. The van der Waals surface area contributed by atoms with Gasteiger partial charge < -0.3 is 75.6 Å². The molecule has 0 aliphatic rings. The number of aromatic nitrogens is 2. The quantitative estimate of drug-likeness (QED) is 0.0243. The smallest absolute Gasteiger partial charge is 0.243 e. The average molecular weight is 800 g/mol. The molecule has 2 aromatic rings. The van der Waals surface area contributed by atoms with Crippen LogP contribution in [0.3, 0.4) is 0 Å². The van der Waals surface area contributed by atoms with Crippen LogP contribution in [0.2, 0.25) is 0 Å². The van der Waals surface area contributed by atoms with E-state index in [4.69, 9.17) is 39.2 Å². The lowest BCUT2D eigenvalue weighted by Gasteiger charge is -2.27. The predicted octanol–water partition coefficient (Wildman–Crippen LogP) is -4.30. The van der Waals surface area contributed by atoms with Crippen LogP contribution in [0, 0.1) is 16.2 Å². The fraction of sp³-hybridized carbons (Fsp3) is 0.500. The van der Waals surface area contributed by atoms with Gasteiger partial charge in [0, 0.05) is 32.3 Å². The number of likely N-dealkylation sites (N-methyl/N-ethyl adjacent to an activating group) is 1. The highest BCUT2D eigenvalue weighted by atomic mass is 16.3. The van der Waals surface area contributed by atoms with Gasteiger partial charge in [0.1, 0.15) is 29.9 Å². The van der Waals surface area contributed by atoms with Gasteiger partial charge in [-0.2, -0.15) is 0 Å². The fourth-order valence-corrected chi connectivity index (χ4v) is 5.51. The molecule has 0 saturated heterocycles. The van der Waals surface area contributed by atoms with Gasteiger partial charge in [-0.3, -0.25) is 40.2 Å². The molecule has 5 atom stereocenters. The average Bonchev–Trinajstić information content (AvgIpc) is 3.67.